The van der Waals surface area contributed by atoms with Crippen LogP contribution in [-0.2, 0) is 4.74 Å². The standard InChI is InChI=1S/C9H17N3O2/c1-11(2)9(13)12-3-4-14-8-6-10-5-7(8)12/h7-8,10H,3-6H2,1-2H3/t7-,8+/m0/s1. The summed E-state index contributed by atoms with van der Waals surface area (Å²) in [5.74, 6) is 0. The van der Waals surface area contributed by atoms with Crippen molar-refractivity contribution in [3.05, 3.63) is 0 Å². The molecule has 2 aliphatic rings. The highest BCUT2D eigenvalue weighted by Crippen LogP contribution is 2.18. The number of hydrogen-bond acceptors (Lipinski definition) is 3. The van der Waals surface area contributed by atoms with Gasteiger partial charge in [0.15, 0.2) is 0 Å². The largest absolute Gasteiger partial charge is 0.373 e. The number of ether oxygens (including phenoxy) is 1. The van der Waals surface area contributed by atoms with Crippen LogP contribution in [0.15, 0.2) is 0 Å². The molecule has 0 bridgehead atoms. The Bertz CT molecular complexity index is 232. The minimum absolute atomic E-state index is 0.0898. The Balaban J connectivity index is 2.06. The molecular formula is C9H17N3O2. The van der Waals surface area contributed by atoms with Crippen molar-refractivity contribution in [2.45, 2.75) is 12.1 Å². The topological polar surface area (TPSA) is 44.8 Å². The third-order valence-electron chi connectivity index (χ3n) is 2.82. The first-order valence-electron chi connectivity index (χ1n) is 5.00. The third kappa shape index (κ3) is 1.57. The highest BCUT2D eigenvalue weighted by Gasteiger charge is 2.38. The van der Waals surface area contributed by atoms with Gasteiger partial charge in [-0.3, -0.25) is 0 Å². The Morgan fingerprint density at radius 1 is 1.50 bits per heavy atom. The summed E-state index contributed by atoms with van der Waals surface area (Å²) in [5, 5.41) is 3.25. The number of carbonyl (C=O) groups is 1. The van der Waals surface area contributed by atoms with E-state index >= 15 is 0 Å². The van der Waals surface area contributed by atoms with Gasteiger partial charge in [0.1, 0.15) is 0 Å². The molecule has 0 saturated carbocycles. The molecule has 0 aromatic rings. The van der Waals surface area contributed by atoms with Crippen molar-refractivity contribution >= 4 is 6.03 Å². The van der Waals surface area contributed by atoms with Crippen LogP contribution >= 0.6 is 0 Å². The summed E-state index contributed by atoms with van der Waals surface area (Å²) in [6.07, 6.45) is 0.188. The monoisotopic (exact) mass is 199 g/mol. The Morgan fingerprint density at radius 3 is 3.00 bits per heavy atom. The van der Waals surface area contributed by atoms with Crippen LogP contribution in [0.3, 0.4) is 0 Å². The first-order chi connectivity index (χ1) is 6.70. The first-order valence-corrected chi connectivity index (χ1v) is 5.00. The SMILES string of the molecule is CN(C)C(=O)N1CCO[C@@H]2CNC[C@@H]21. The number of nitrogens with zero attached hydrogens (tertiary/aromatic N) is 2. The molecule has 2 fully saturated rings. The predicted octanol–water partition coefficient (Wildman–Crippen LogP) is -0.659. The number of rotatable bonds is 0. The van der Waals surface area contributed by atoms with E-state index in [9.17, 15) is 4.79 Å². The van der Waals surface area contributed by atoms with E-state index in [1.807, 2.05) is 4.90 Å². The van der Waals surface area contributed by atoms with Crippen molar-refractivity contribution < 1.29 is 9.53 Å². The van der Waals surface area contributed by atoms with Crippen LogP contribution in [0.4, 0.5) is 4.79 Å². The molecule has 0 aliphatic carbocycles. The van der Waals surface area contributed by atoms with Gasteiger partial charge in [-0.25, -0.2) is 4.79 Å². The number of fused-ring (bicyclic) bond motifs is 1. The average Bonchev–Trinajstić information content (AvgIpc) is 2.63. The molecule has 2 rings (SSSR count). The average molecular weight is 199 g/mol. The lowest BCUT2D eigenvalue weighted by Crippen LogP contribution is -2.55. The second-order valence-electron chi connectivity index (χ2n) is 4.01. The summed E-state index contributed by atoms with van der Waals surface area (Å²) < 4.78 is 5.59. The maximum absolute atomic E-state index is 11.8. The molecule has 2 heterocycles. The molecule has 5 nitrogen and oxygen atoms in total. The van der Waals surface area contributed by atoms with Crippen LogP contribution in [0.2, 0.25) is 0 Å². The molecule has 0 aromatic carbocycles. The summed E-state index contributed by atoms with van der Waals surface area (Å²) in [7, 11) is 3.57. The van der Waals surface area contributed by atoms with Gasteiger partial charge in [-0.2, -0.15) is 0 Å². The second-order valence-corrected chi connectivity index (χ2v) is 4.01. The Morgan fingerprint density at radius 2 is 2.29 bits per heavy atom. The number of morpholine rings is 1. The number of nitrogens with one attached hydrogen (secondary N) is 1. The molecule has 2 amide bonds. The molecule has 1 N–H and O–H groups in total. The van der Waals surface area contributed by atoms with Gasteiger partial charge in [0.2, 0.25) is 0 Å². The fourth-order valence-electron chi connectivity index (χ4n) is 2.08. The molecular weight excluding hydrogens is 182 g/mol. The molecule has 80 valence electrons. The van der Waals surface area contributed by atoms with Gasteiger partial charge in [-0.05, 0) is 0 Å². The molecule has 0 radical (unpaired) electrons. The maximum Gasteiger partial charge on any atom is 0.319 e. The predicted molar refractivity (Wildman–Crippen MR) is 52.2 cm³/mol. The Hall–Kier alpha value is -0.810. The molecule has 0 unspecified atom stereocenters. The lowest BCUT2D eigenvalue weighted by Gasteiger charge is -2.38. The highest BCUT2D eigenvalue weighted by molar-refractivity contribution is 5.74. The summed E-state index contributed by atoms with van der Waals surface area (Å²) in [6.45, 7) is 3.08. The van der Waals surface area contributed by atoms with Gasteiger partial charge < -0.3 is 19.9 Å². The fourth-order valence-corrected chi connectivity index (χ4v) is 2.08. The van der Waals surface area contributed by atoms with E-state index in [2.05, 4.69) is 5.32 Å². The van der Waals surface area contributed by atoms with Gasteiger partial charge in [0, 0.05) is 33.7 Å². The summed E-state index contributed by atoms with van der Waals surface area (Å²) >= 11 is 0. The van der Waals surface area contributed by atoms with Crippen LogP contribution in [0, 0.1) is 0 Å². The van der Waals surface area contributed by atoms with E-state index < -0.39 is 0 Å². The van der Waals surface area contributed by atoms with Gasteiger partial charge in [-0.15, -0.1) is 0 Å². The maximum atomic E-state index is 11.8. The fraction of sp³-hybridized carbons (Fsp3) is 0.889. The van der Waals surface area contributed by atoms with Gasteiger partial charge >= 0.3 is 6.03 Å². The van der Waals surface area contributed by atoms with E-state index in [0.29, 0.717) is 13.2 Å². The molecule has 2 aliphatic heterocycles. The minimum atomic E-state index is 0.0898. The lowest BCUT2D eigenvalue weighted by atomic mass is 10.1. The van der Waals surface area contributed by atoms with E-state index in [1.54, 1.807) is 19.0 Å². The van der Waals surface area contributed by atoms with Gasteiger partial charge in [-0.1, -0.05) is 0 Å². The zero-order valence-corrected chi connectivity index (χ0v) is 8.69. The van der Waals surface area contributed by atoms with Crippen LogP contribution in [0.5, 0.6) is 0 Å². The number of amides is 2. The van der Waals surface area contributed by atoms with Gasteiger partial charge in [0.05, 0.1) is 18.8 Å². The van der Waals surface area contributed by atoms with Crippen LogP contribution < -0.4 is 5.32 Å². The van der Waals surface area contributed by atoms with Crippen molar-refractivity contribution in [3.63, 3.8) is 0 Å². The summed E-state index contributed by atoms with van der Waals surface area (Å²) in [6, 6.07) is 0.311. The van der Waals surface area contributed by atoms with Crippen molar-refractivity contribution in [3.8, 4) is 0 Å². The van der Waals surface area contributed by atoms with Gasteiger partial charge in [0.25, 0.3) is 0 Å². The van der Waals surface area contributed by atoms with Crippen molar-refractivity contribution in [2.75, 3.05) is 40.3 Å². The Labute approximate surface area is 84.0 Å². The molecule has 2 atom stereocenters. The second kappa shape index (κ2) is 3.74. The normalized spacial score (nSPS) is 31.4. The zero-order chi connectivity index (χ0) is 10.1. The Kier molecular flexibility index (Phi) is 2.60. The molecule has 14 heavy (non-hydrogen) atoms. The summed E-state index contributed by atoms with van der Waals surface area (Å²) in [5.41, 5.74) is 0. The number of urea groups is 1. The van der Waals surface area contributed by atoms with Crippen LogP contribution in [-0.4, -0.2) is 68.3 Å². The quantitative estimate of drug-likeness (QED) is 0.563. The number of hydrogen-bond donors (Lipinski definition) is 1. The van der Waals surface area contributed by atoms with Crippen LogP contribution in [0.1, 0.15) is 0 Å². The van der Waals surface area contributed by atoms with Crippen molar-refractivity contribution in [1.29, 1.82) is 0 Å². The van der Waals surface area contributed by atoms with E-state index in [0.717, 1.165) is 13.1 Å². The van der Waals surface area contributed by atoms with E-state index in [4.69, 9.17) is 4.74 Å². The van der Waals surface area contributed by atoms with Crippen LogP contribution in [0.25, 0.3) is 0 Å². The van der Waals surface area contributed by atoms with E-state index in [-0.39, 0.29) is 18.2 Å². The zero-order valence-electron chi connectivity index (χ0n) is 8.69. The minimum Gasteiger partial charge on any atom is -0.373 e. The summed E-state index contributed by atoms with van der Waals surface area (Å²) in [4.78, 5) is 15.3. The molecule has 0 spiro atoms. The smallest absolute Gasteiger partial charge is 0.319 e. The van der Waals surface area contributed by atoms with Crippen molar-refractivity contribution in [2.24, 2.45) is 0 Å². The molecule has 5 heteroatoms. The van der Waals surface area contributed by atoms with E-state index in [1.165, 1.54) is 0 Å². The third-order valence-corrected chi connectivity index (χ3v) is 2.82. The number of carbonyl (C=O) groups excluding carboxylic acids is 1. The highest BCUT2D eigenvalue weighted by atomic mass is 16.5. The molecule has 0 aromatic heterocycles. The lowest BCUT2D eigenvalue weighted by molar-refractivity contribution is -0.0331. The first kappa shape index (κ1) is 9.73. The van der Waals surface area contributed by atoms with Crippen molar-refractivity contribution in [1.82, 2.24) is 15.1 Å². The molecule has 2 saturated heterocycles.